The van der Waals surface area contributed by atoms with Gasteiger partial charge in [-0.25, -0.2) is 4.79 Å². The molecule has 142 valence electrons. The van der Waals surface area contributed by atoms with E-state index in [-0.39, 0.29) is 5.91 Å². The third kappa shape index (κ3) is 4.46. The molecule has 0 fully saturated rings. The average Bonchev–Trinajstić information content (AvgIpc) is 2.69. The zero-order chi connectivity index (χ0) is 20.1. The predicted octanol–water partition coefficient (Wildman–Crippen LogP) is 5.04. The lowest BCUT2D eigenvalue weighted by Crippen LogP contribution is -2.29. The van der Waals surface area contributed by atoms with E-state index in [0.29, 0.717) is 0 Å². The van der Waals surface area contributed by atoms with E-state index >= 15 is 0 Å². The maximum atomic E-state index is 12.3. The molecule has 3 aromatic rings. The molecule has 0 saturated heterocycles. The minimum Gasteiger partial charge on any atom is -0.449 e. The van der Waals surface area contributed by atoms with Crippen molar-refractivity contribution in [3.05, 3.63) is 83.4 Å². The number of benzene rings is 3. The number of aryl methyl sites for hydroxylation is 1. The summed E-state index contributed by atoms with van der Waals surface area (Å²) in [6.45, 7) is 5.48. The summed E-state index contributed by atoms with van der Waals surface area (Å²) < 4.78 is 5.25. The zero-order valence-corrected chi connectivity index (χ0v) is 16.2. The van der Waals surface area contributed by atoms with Crippen LogP contribution in [0.3, 0.4) is 0 Å². The molecule has 0 spiro atoms. The van der Waals surface area contributed by atoms with Crippen LogP contribution in [0.2, 0.25) is 0 Å². The van der Waals surface area contributed by atoms with E-state index in [2.05, 4.69) is 5.32 Å². The minimum absolute atomic E-state index is 0.361. The Hall–Kier alpha value is -3.40. The first-order valence-corrected chi connectivity index (χ1v) is 9.19. The molecule has 4 heteroatoms. The first-order chi connectivity index (χ1) is 13.5. The van der Waals surface area contributed by atoms with E-state index < -0.39 is 12.1 Å². The van der Waals surface area contributed by atoms with E-state index in [1.54, 1.807) is 13.0 Å². The number of nitrogens with one attached hydrogen (secondary N) is 1. The van der Waals surface area contributed by atoms with Crippen molar-refractivity contribution in [2.45, 2.75) is 26.9 Å². The smallest absolute Gasteiger partial charge is 0.331 e. The van der Waals surface area contributed by atoms with E-state index in [4.69, 9.17) is 4.74 Å². The Morgan fingerprint density at radius 1 is 0.964 bits per heavy atom. The van der Waals surface area contributed by atoms with Crippen LogP contribution in [-0.4, -0.2) is 18.0 Å². The quantitative estimate of drug-likeness (QED) is 0.503. The summed E-state index contributed by atoms with van der Waals surface area (Å²) in [4.78, 5) is 24.5. The largest absolute Gasteiger partial charge is 0.449 e. The molecule has 0 saturated carbocycles. The van der Waals surface area contributed by atoms with Gasteiger partial charge in [-0.15, -0.1) is 0 Å². The average molecular weight is 373 g/mol. The molecule has 4 nitrogen and oxygen atoms in total. The zero-order valence-electron chi connectivity index (χ0n) is 16.2. The van der Waals surface area contributed by atoms with E-state index in [1.165, 1.54) is 6.08 Å². The summed E-state index contributed by atoms with van der Waals surface area (Å²) in [5, 5.41) is 4.96. The van der Waals surface area contributed by atoms with Gasteiger partial charge in [0, 0.05) is 11.8 Å². The number of amides is 1. The summed E-state index contributed by atoms with van der Waals surface area (Å²) in [7, 11) is 0. The van der Waals surface area contributed by atoms with E-state index in [1.807, 2.05) is 74.5 Å². The molecule has 0 unspecified atom stereocenters. The van der Waals surface area contributed by atoms with Crippen molar-refractivity contribution in [2.24, 2.45) is 0 Å². The van der Waals surface area contributed by atoms with Crippen LogP contribution in [-0.2, 0) is 14.3 Å². The highest BCUT2D eigenvalue weighted by molar-refractivity contribution is 5.98. The maximum Gasteiger partial charge on any atom is 0.331 e. The topological polar surface area (TPSA) is 55.4 Å². The molecule has 0 aromatic heterocycles. The molecule has 3 rings (SSSR count). The summed E-state index contributed by atoms with van der Waals surface area (Å²) in [6, 6.07) is 19.5. The van der Waals surface area contributed by atoms with Gasteiger partial charge >= 0.3 is 5.97 Å². The lowest BCUT2D eigenvalue weighted by atomic mass is 10.0. The molecule has 0 bridgehead atoms. The highest BCUT2D eigenvalue weighted by Gasteiger charge is 2.17. The number of hydrogen-bond donors (Lipinski definition) is 1. The lowest BCUT2D eigenvalue weighted by molar-refractivity contribution is -0.148. The number of carbonyl (C=O) groups excluding carboxylic acids is 2. The highest BCUT2D eigenvalue weighted by atomic mass is 16.5. The Labute approximate surface area is 164 Å². The Balaban J connectivity index is 1.64. The number of esters is 1. The normalized spacial score (nSPS) is 12.1. The van der Waals surface area contributed by atoms with Crippen LogP contribution in [0.15, 0.2) is 66.7 Å². The second-order valence-corrected chi connectivity index (χ2v) is 6.72. The summed E-state index contributed by atoms with van der Waals surface area (Å²) in [6.07, 6.45) is 2.16. The van der Waals surface area contributed by atoms with Crippen molar-refractivity contribution in [1.82, 2.24) is 0 Å². The monoisotopic (exact) mass is 373 g/mol. The fourth-order valence-corrected chi connectivity index (χ4v) is 2.94. The number of rotatable bonds is 5. The van der Waals surface area contributed by atoms with Crippen LogP contribution >= 0.6 is 0 Å². The number of fused-ring (bicyclic) bond motifs is 1. The predicted molar refractivity (Wildman–Crippen MR) is 113 cm³/mol. The van der Waals surface area contributed by atoms with Gasteiger partial charge in [-0.05, 0) is 60.4 Å². The summed E-state index contributed by atoms with van der Waals surface area (Å²) >= 11 is 0. The second-order valence-electron chi connectivity index (χ2n) is 6.72. The van der Waals surface area contributed by atoms with Gasteiger partial charge in [-0.1, -0.05) is 54.6 Å². The van der Waals surface area contributed by atoms with Crippen molar-refractivity contribution >= 4 is 34.4 Å². The van der Waals surface area contributed by atoms with Crippen molar-refractivity contribution in [2.75, 3.05) is 5.32 Å². The van der Waals surface area contributed by atoms with Gasteiger partial charge in [0.2, 0.25) is 0 Å². The Morgan fingerprint density at radius 2 is 1.68 bits per heavy atom. The Morgan fingerprint density at radius 3 is 2.50 bits per heavy atom. The van der Waals surface area contributed by atoms with Crippen LogP contribution < -0.4 is 5.32 Å². The molecule has 0 aliphatic rings. The number of carbonyl (C=O) groups is 2. The van der Waals surface area contributed by atoms with E-state index in [0.717, 1.165) is 33.2 Å². The highest BCUT2D eigenvalue weighted by Crippen LogP contribution is 2.20. The van der Waals surface area contributed by atoms with Crippen LogP contribution in [0, 0.1) is 13.8 Å². The Bertz CT molecular complexity index is 1050. The first-order valence-electron chi connectivity index (χ1n) is 9.19. The molecular weight excluding hydrogens is 350 g/mol. The molecule has 28 heavy (non-hydrogen) atoms. The molecule has 0 aliphatic carbocycles. The fraction of sp³-hybridized carbons (Fsp3) is 0.167. The molecule has 1 N–H and O–H groups in total. The standard InChI is InChI=1S/C24H23NO3/c1-16-8-6-13-22(17(16)2)25-24(27)18(3)28-23(26)15-14-20-11-7-10-19-9-4-5-12-21(19)20/h4-15,18H,1-3H3,(H,25,27)/b15-14+/t18-/m0/s1. The minimum atomic E-state index is -0.899. The van der Waals surface area contributed by atoms with Crippen molar-refractivity contribution in [3.8, 4) is 0 Å². The molecule has 0 radical (unpaired) electrons. The second kappa shape index (κ2) is 8.53. The van der Waals surface area contributed by atoms with Crippen LogP contribution in [0.4, 0.5) is 5.69 Å². The summed E-state index contributed by atoms with van der Waals surface area (Å²) in [5.74, 6) is -0.919. The molecule has 0 heterocycles. The first kappa shape index (κ1) is 19.4. The van der Waals surface area contributed by atoms with Crippen molar-refractivity contribution < 1.29 is 14.3 Å². The number of ether oxygens (including phenoxy) is 1. The van der Waals surface area contributed by atoms with Gasteiger partial charge in [0.15, 0.2) is 6.10 Å². The number of hydrogen-bond acceptors (Lipinski definition) is 3. The van der Waals surface area contributed by atoms with Crippen molar-refractivity contribution in [1.29, 1.82) is 0 Å². The molecule has 1 amide bonds. The van der Waals surface area contributed by atoms with Gasteiger partial charge in [-0.2, -0.15) is 0 Å². The van der Waals surface area contributed by atoms with Crippen LogP contribution in [0.1, 0.15) is 23.6 Å². The van der Waals surface area contributed by atoms with Crippen LogP contribution in [0.5, 0.6) is 0 Å². The van der Waals surface area contributed by atoms with Crippen LogP contribution in [0.25, 0.3) is 16.8 Å². The van der Waals surface area contributed by atoms with Gasteiger partial charge in [0.25, 0.3) is 5.91 Å². The molecule has 3 aromatic carbocycles. The third-order valence-corrected chi connectivity index (χ3v) is 4.75. The van der Waals surface area contributed by atoms with E-state index in [9.17, 15) is 9.59 Å². The Kier molecular flexibility index (Phi) is 5.90. The number of anilines is 1. The molecule has 1 atom stereocenters. The van der Waals surface area contributed by atoms with Gasteiger partial charge in [-0.3, -0.25) is 4.79 Å². The molecular formula is C24H23NO3. The summed E-state index contributed by atoms with van der Waals surface area (Å²) in [5.41, 5.74) is 3.72. The van der Waals surface area contributed by atoms with Gasteiger partial charge < -0.3 is 10.1 Å². The maximum absolute atomic E-state index is 12.3. The van der Waals surface area contributed by atoms with Crippen molar-refractivity contribution in [3.63, 3.8) is 0 Å². The van der Waals surface area contributed by atoms with Gasteiger partial charge in [0.05, 0.1) is 0 Å². The third-order valence-electron chi connectivity index (χ3n) is 4.75. The lowest BCUT2D eigenvalue weighted by Gasteiger charge is -2.14. The van der Waals surface area contributed by atoms with Gasteiger partial charge in [0.1, 0.15) is 0 Å². The SMILES string of the molecule is Cc1cccc(NC(=O)[C@H](C)OC(=O)/C=C/c2cccc3ccccc23)c1C. The molecule has 0 aliphatic heterocycles. The fourth-order valence-electron chi connectivity index (χ4n) is 2.94.